The van der Waals surface area contributed by atoms with E-state index >= 15 is 0 Å². The number of hydrogen-bond acceptors (Lipinski definition) is 4. The molecule has 21 heavy (non-hydrogen) atoms. The van der Waals surface area contributed by atoms with Crippen molar-refractivity contribution in [1.82, 2.24) is 4.98 Å². The lowest BCUT2D eigenvalue weighted by atomic mass is 10.1. The molecule has 0 aromatic carbocycles. The maximum absolute atomic E-state index is 13.3. The molecule has 0 unspecified atom stereocenters. The van der Waals surface area contributed by atoms with Gasteiger partial charge in [-0.05, 0) is 0 Å². The van der Waals surface area contributed by atoms with Crippen LogP contribution in [0.25, 0.3) is 0 Å². The molecule has 12 heteroatoms. The molecule has 0 aliphatic heterocycles. The molecule has 1 heterocycles. The fourth-order valence-corrected chi connectivity index (χ4v) is 2.15. The van der Waals surface area contributed by atoms with Crippen LogP contribution in [0.5, 0.6) is 0 Å². The largest absolute Gasteiger partial charge is 0.459 e. The van der Waals surface area contributed by atoms with Gasteiger partial charge in [-0.1, -0.05) is 11.3 Å². The predicted molar refractivity (Wildman–Crippen MR) is 58.1 cm³/mol. The smallest absolute Gasteiger partial charge is 0.379 e. The van der Waals surface area contributed by atoms with E-state index in [1.165, 1.54) is 0 Å². The van der Waals surface area contributed by atoms with Gasteiger partial charge in [-0.25, -0.2) is 4.98 Å². The highest BCUT2D eigenvalue weighted by Gasteiger charge is 2.63. The third kappa shape index (κ3) is 3.24. The monoisotopic (exact) mass is 341 g/mol. The first-order valence-corrected chi connectivity index (χ1v) is 5.85. The highest BCUT2D eigenvalue weighted by molar-refractivity contribution is 7.13. The summed E-state index contributed by atoms with van der Waals surface area (Å²) in [6.45, 7) is 0. The van der Waals surface area contributed by atoms with E-state index in [0.717, 1.165) is 14.1 Å². The molecule has 0 radical (unpaired) electrons. The van der Waals surface area contributed by atoms with Crippen molar-refractivity contribution in [3.05, 3.63) is 16.1 Å². The highest BCUT2D eigenvalue weighted by atomic mass is 32.1. The molecule has 0 aliphatic rings. The Hall–Kier alpha value is -1.46. The van der Waals surface area contributed by atoms with Crippen molar-refractivity contribution in [3.8, 4) is 0 Å². The van der Waals surface area contributed by atoms with Gasteiger partial charge in [0.15, 0.2) is 0 Å². The minimum absolute atomic E-state index is 0.207. The minimum atomic E-state index is -6.22. The number of halogens is 8. The first kappa shape index (κ1) is 17.6. The lowest BCUT2D eigenvalue weighted by Gasteiger charge is -2.23. The molecular formula is C9H7F8N3S. The van der Waals surface area contributed by atoms with Gasteiger partial charge in [-0.3, -0.25) is 4.99 Å². The molecule has 1 aromatic rings. The van der Waals surface area contributed by atoms with Crippen LogP contribution in [0.15, 0.2) is 4.99 Å². The Balaban J connectivity index is 3.87. The summed E-state index contributed by atoms with van der Waals surface area (Å²) in [4.78, 5) is 5.34. The van der Waals surface area contributed by atoms with Gasteiger partial charge in [-0.2, -0.15) is 35.1 Å². The molecule has 1 N–H and O–H groups in total. The Bertz CT molecular complexity index is 586. The van der Waals surface area contributed by atoms with E-state index in [1.807, 2.05) is 5.32 Å². The fraction of sp³-hybridized carbons (Fsp3) is 0.556. The van der Waals surface area contributed by atoms with Gasteiger partial charge in [-0.15, -0.1) is 0 Å². The van der Waals surface area contributed by atoms with E-state index in [9.17, 15) is 35.1 Å². The number of rotatable bonds is 2. The van der Waals surface area contributed by atoms with Crippen molar-refractivity contribution in [2.75, 3.05) is 19.4 Å². The van der Waals surface area contributed by atoms with E-state index in [1.54, 1.807) is 0 Å². The zero-order chi connectivity index (χ0) is 16.6. The van der Waals surface area contributed by atoms with Crippen molar-refractivity contribution in [2.45, 2.75) is 18.3 Å². The van der Waals surface area contributed by atoms with Gasteiger partial charge < -0.3 is 5.32 Å². The summed E-state index contributed by atoms with van der Waals surface area (Å²) in [5.74, 6) is -5.77. The molecule has 0 aliphatic carbocycles. The maximum atomic E-state index is 13.3. The van der Waals surface area contributed by atoms with Crippen molar-refractivity contribution < 1.29 is 35.1 Å². The van der Waals surface area contributed by atoms with E-state index in [4.69, 9.17) is 0 Å². The summed E-state index contributed by atoms with van der Waals surface area (Å²) in [7, 11) is 1.96. The average molecular weight is 341 g/mol. The Morgan fingerprint density at radius 2 is 1.57 bits per heavy atom. The Morgan fingerprint density at radius 3 is 1.90 bits per heavy atom. The Labute approximate surface area is 116 Å². The van der Waals surface area contributed by atoms with Gasteiger partial charge in [0.25, 0.3) is 0 Å². The molecule has 3 nitrogen and oxygen atoms in total. The van der Waals surface area contributed by atoms with Crippen molar-refractivity contribution in [3.63, 3.8) is 0 Å². The van der Waals surface area contributed by atoms with Gasteiger partial charge in [0, 0.05) is 14.1 Å². The highest BCUT2D eigenvalue weighted by Crippen LogP contribution is 2.49. The SMILES string of the molecule is CN=c1nc(C(F)(F)C(F)(F)F)c(C(F)(F)F)c(NC)s1. The molecule has 0 amide bonds. The molecule has 0 saturated carbocycles. The summed E-state index contributed by atoms with van der Waals surface area (Å²) >= 11 is 0.207. The van der Waals surface area contributed by atoms with Crippen LogP contribution in [-0.2, 0) is 12.1 Å². The summed E-state index contributed by atoms with van der Waals surface area (Å²) in [6.07, 6.45) is -11.7. The van der Waals surface area contributed by atoms with Gasteiger partial charge in [0.2, 0.25) is 4.80 Å². The van der Waals surface area contributed by atoms with Crippen LogP contribution in [0.2, 0.25) is 0 Å². The summed E-state index contributed by atoms with van der Waals surface area (Å²) < 4.78 is 102. The van der Waals surface area contributed by atoms with E-state index in [-0.39, 0.29) is 11.3 Å². The summed E-state index contributed by atoms with van der Waals surface area (Å²) in [6, 6.07) is 0. The van der Waals surface area contributed by atoms with Crippen LogP contribution >= 0.6 is 11.3 Å². The van der Waals surface area contributed by atoms with Crippen molar-refractivity contribution in [1.29, 1.82) is 0 Å². The molecule has 0 spiro atoms. The topological polar surface area (TPSA) is 37.3 Å². The fourth-order valence-electron chi connectivity index (χ4n) is 1.32. The molecule has 1 aromatic heterocycles. The average Bonchev–Trinajstić information content (AvgIpc) is 2.34. The molecular weight excluding hydrogens is 334 g/mol. The van der Waals surface area contributed by atoms with Crippen LogP contribution < -0.4 is 10.1 Å². The van der Waals surface area contributed by atoms with E-state index in [2.05, 4.69) is 9.98 Å². The van der Waals surface area contributed by atoms with Crippen molar-refractivity contribution in [2.24, 2.45) is 4.99 Å². The second kappa shape index (κ2) is 5.39. The molecule has 120 valence electrons. The van der Waals surface area contributed by atoms with Gasteiger partial charge in [0.05, 0.1) is 0 Å². The lowest BCUT2D eigenvalue weighted by molar-refractivity contribution is -0.292. The molecule has 1 rings (SSSR count). The molecule has 0 atom stereocenters. The number of nitrogens with zero attached hydrogens (tertiary/aromatic N) is 2. The van der Waals surface area contributed by atoms with Crippen LogP contribution in [0.4, 0.5) is 40.1 Å². The summed E-state index contributed by atoms with van der Waals surface area (Å²) in [5.41, 5.74) is -4.59. The maximum Gasteiger partial charge on any atom is 0.459 e. The third-order valence-corrected chi connectivity index (χ3v) is 3.29. The molecule has 0 fully saturated rings. The first-order chi connectivity index (χ1) is 9.36. The number of hydrogen-bond donors (Lipinski definition) is 1. The normalized spacial score (nSPS) is 14.5. The van der Waals surface area contributed by atoms with Crippen LogP contribution in [0, 0.1) is 0 Å². The summed E-state index contributed by atoms with van der Waals surface area (Å²) in [5, 5.41) is 1.01. The molecule has 0 saturated heterocycles. The standard InChI is InChI=1S/C9H7F8N3S/c1-18-5-3(8(12,13)14)4(20-6(19-2)21-5)7(10,11)9(15,16)17/h18H,1-2H3. The molecule has 0 bridgehead atoms. The number of nitrogens with one attached hydrogen (secondary N) is 1. The van der Waals surface area contributed by atoms with Crippen LogP contribution in [-0.4, -0.2) is 25.3 Å². The second-order valence-electron chi connectivity index (χ2n) is 3.59. The van der Waals surface area contributed by atoms with Gasteiger partial charge >= 0.3 is 18.3 Å². The van der Waals surface area contributed by atoms with E-state index < -0.39 is 39.3 Å². The van der Waals surface area contributed by atoms with Crippen LogP contribution in [0.1, 0.15) is 11.3 Å². The Morgan fingerprint density at radius 1 is 1.05 bits per heavy atom. The van der Waals surface area contributed by atoms with E-state index in [0.29, 0.717) is 0 Å². The van der Waals surface area contributed by atoms with Crippen LogP contribution in [0.3, 0.4) is 0 Å². The predicted octanol–water partition coefficient (Wildman–Crippen LogP) is 3.39. The number of aromatic nitrogens is 1. The first-order valence-electron chi connectivity index (χ1n) is 5.04. The minimum Gasteiger partial charge on any atom is -0.379 e. The van der Waals surface area contributed by atoms with Crippen molar-refractivity contribution >= 4 is 16.3 Å². The van der Waals surface area contributed by atoms with Gasteiger partial charge in [0.1, 0.15) is 16.3 Å². The number of anilines is 1. The third-order valence-electron chi connectivity index (χ3n) is 2.22. The zero-order valence-corrected chi connectivity index (χ0v) is 11.1. The zero-order valence-electron chi connectivity index (χ0n) is 10.3. The quantitative estimate of drug-likeness (QED) is 0.838. The Kier molecular flexibility index (Phi) is 4.51. The number of alkyl halides is 8. The lowest BCUT2D eigenvalue weighted by Crippen LogP contribution is -2.38. The second-order valence-corrected chi connectivity index (χ2v) is 4.57.